The Hall–Kier alpha value is -0.460. The number of nitrogens with zero attached hydrogens (tertiary/aromatic N) is 1. The Morgan fingerprint density at radius 3 is 3.17 bits per heavy atom. The Morgan fingerprint density at radius 1 is 1.67 bits per heavy atom. The molecule has 0 amide bonds. The fourth-order valence-electron chi connectivity index (χ4n) is 0.654. The van der Waals surface area contributed by atoms with Crippen LogP contribution in [0.5, 0.6) is 0 Å². The monoisotopic (exact) mass is 241 g/mol. The second kappa shape index (κ2) is 5.23. The number of pyridine rings is 1. The van der Waals surface area contributed by atoms with Crippen molar-refractivity contribution in [2.45, 2.75) is 11.9 Å². The van der Waals surface area contributed by atoms with Gasteiger partial charge in [0.1, 0.15) is 5.03 Å². The van der Waals surface area contributed by atoms with Crippen LogP contribution in [0, 0.1) is 11.8 Å². The molecule has 1 rings (SSSR count). The molecule has 0 aromatic carbocycles. The van der Waals surface area contributed by atoms with Crippen LogP contribution in [-0.2, 0) is 0 Å². The zero-order valence-electron chi connectivity index (χ0n) is 6.67. The first-order valence-corrected chi connectivity index (χ1v) is 5.25. The fourth-order valence-corrected chi connectivity index (χ4v) is 1.95. The van der Waals surface area contributed by atoms with E-state index in [1.54, 1.807) is 18.0 Å². The van der Waals surface area contributed by atoms with Crippen LogP contribution in [0.25, 0.3) is 0 Å². The largest absolute Gasteiger partial charge is 0.249 e. The smallest absolute Gasteiger partial charge is 0.111 e. The summed E-state index contributed by atoms with van der Waals surface area (Å²) >= 11 is 5.06. The quantitative estimate of drug-likeness (QED) is 0.584. The highest BCUT2D eigenvalue weighted by Crippen LogP contribution is 2.23. The highest BCUT2D eigenvalue weighted by molar-refractivity contribution is 9.10. The van der Waals surface area contributed by atoms with E-state index in [0.717, 1.165) is 15.3 Å². The van der Waals surface area contributed by atoms with Crippen molar-refractivity contribution in [3.8, 4) is 11.8 Å². The van der Waals surface area contributed by atoms with Gasteiger partial charge in [0, 0.05) is 10.7 Å². The van der Waals surface area contributed by atoms with E-state index in [9.17, 15) is 0 Å². The van der Waals surface area contributed by atoms with Gasteiger partial charge in [0.15, 0.2) is 0 Å². The van der Waals surface area contributed by atoms with Gasteiger partial charge in [-0.2, -0.15) is 0 Å². The van der Waals surface area contributed by atoms with E-state index in [2.05, 4.69) is 32.8 Å². The van der Waals surface area contributed by atoms with Crippen LogP contribution in [-0.4, -0.2) is 10.7 Å². The molecule has 0 spiro atoms. The number of thioether (sulfide) groups is 1. The van der Waals surface area contributed by atoms with Crippen LogP contribution in [0.3, 0.4) is 0 Å². The molecule has 0 aliphatic rings. The van der Waals surface area contributed by atoms with Crippen LogP contribution in [0.1, 0.15) is 6.92 Å². The first-order valence-electron chi connectivity index (χ1n) is 3.47. The topological polar surface area (TPSA) is 12.9 Å². The number of rotatable bonds is 2. The number of hydrogen-bond donors (Lipinski definition) is 0. The average Bonchev–Trinajstić information content (AvgIpc) is 2.09. The molecule has 1 heterocycles. The van der Waals surface area contributed by atoms with Gasteiger partial charge in [-0.25, -0.2) is 4.98 Å². The van der Waals surface area contributed by atoms with Gasteiger partial charge in [-0.05, 0) is 35.0 Å². The van der Waals surface area contributed by atoms with Crippen molar-refractivity contribution in [3.63, 3.8) is 0 Å². The van der Waals surface area contributed by atoms with E-state index >= 15 is 0 Å². The maximum Gasteiger partial charge on any atom is 0.111 e. The Kier molecular flexibility index (Phi) is 4.20. The summed E-state index contributed by atoms with van der Waals surface area (Å²) in [6, 6.07) is 3.88. The molecular formula is C9H8BrNS. The average molecular weight is 242 g/mol. The van der Waals surface area contributed by atoms with Gasteiger partial charge < -0.3 is 0 Å². The SMILES string of the molecule is CC#CCSc1ncccc1Br. The lowest BCUT2D eigenvalue weighted by Crippen LogP contribution is -1.81. The Bertz CT molecular complexity index is 314. The summed E-state index contributed by atoms with van der Waals surface area (Å²) < 4.78 is 1.04. The van der Waals surface area contributed by atoms with Gasteiger partial charge in [-0.1, -0.05) is 17.7 Å². The highest BCUT2D eigenvalue weighted by Gasteiger charge is 1.97. The molecule has 0 fully saturated rings. The lowest BCUT2D eigenvalue weighted by Gasteiger charge is -1.97. The molecule has 1 nitrogen and oxygen atoms in total. The summed E-state index contributed by atoms with van der Waals surface area (Å²) in [5.74, 6) is 6.62. The minimum Gasteiger partial charge on any atom is -0.249 e. The molecule has 0 unspecified atom stereocenters. The zero-order chi connectivity index (χ0) is 8.81. The van der Waals surface area contributed by atoms with E-state index in [4.69, 9.17) is 0 Å². The lowest BCUT2D eigenvalue weighted by atomic mass is 10.5. The minimum absolute atomic E-state index is 0.798. The third kappa shape index (κ3) is 2.88. The van der Waals surface area contributed by atoms with Gasteiger partial charge in [-0.3, -0.25) is 0 Å². The van der Waals surface area contributed by atoms with Crippen molar-refractivity contribution in [3.05, 3.63) is 22.8 Å². The Labute approximate surface area is 85.1 Å². The van der Waals surface area contributed by atoms with Gasteiger partial charge in [0.2, 0.25) is 0 Å². The van der Waals surface area contributed by atoms with E-state index in [1.165, 1.54) is 0 Å². The Balaban J connectivity index is 2.61. The molecule has 0 atom stereocenters. The van der Waals surface area contributed by atoms with E-state index in [-0.39, 0.29) is 0 Å². The molecule has 0 saturated carbocycles. The highest BCUT2D eigenvalue weighted by atomic mass is 79.9. The molecule has 0 radical (unpaired) electrons. The molecular weight excluding hydrogens is 234 g/mol. The first kappa shape index (κ1) is 9.63. The number of hydrogen-bond acceptors (Lipinski definition) is 2. The van der Waals surface area contributed by atoms with Gasteiger partial charge in [0.05, 0.1) is 5.75 Å². The summed E-state index contributed by atoms with van der Waals surface area (Å²) in [4.78, 5) is 4.20. The molecule has 3 heteroatoms. The standard InChI is InChI=1S/C9H8BrNS/c1-2-3-7-12-9-8(10)5-4-6-11-9/h4-6H,7H2,1H3. The van der Waals surface area contributed by atoms with Crippen molar-refractivity contribution in [1.82, 2.24) is 4.98 Å². The lowest BCUT2D eigenvalue weighted by molar-refractivity contribution is 1.11. The predicted octanol–water partition coefficient (Wildman–Crippen LogP) is 2.96. The van der Waals surface area contributed by atoms with Crippen LogP contribution < -0.4 is 0 Å². The van der Waals surface area contributed by atoms with Crippen LogP contribution >= 0.6 is 27.7 Å². The van der Waals surface area contributed by atoms with E-state index in [1.807, 2.05) is 19.1 Å². The molecule has 1 aromatic rings. The first-order chi connectivity index (χ1) is 5.84. The molecule has 12 heavy (non-hydrogen) atoms. The third-order valence-electron chi connectivity index (χ3n) is 1.18. The molecule has 1 aromatic heterocycles. The predicted molar refractivity (Wildman–Crippen MR) is 56.1 cm³/mol. The van der Waals surface area contributed by atoms with Gasteiger partial charge in [0.25, 0.3) is 0 Å². The van der Waals surface area contributed by atoms with Crippen molar-refractivity contribution in [1.29, 1.82) is 0 Å². The fraction of sp³-hybridized carbons (Fsp3) is 0.222. The van der Waals surface area contributed by atoms with Crippen molar-refractivity contribution in [2.75, 3.05) is 5.75 Å². The summed E-state index contributed by atoms with van der Waals surface area (Å²) in [6.45, 7) is 1.84. The number of aromatic nitrogens is 1. The summed E-state index contributed by atoms with van der Waals surface area (Å²) in [6.07, 6.45) is 1.78. The van der Waals surface area contributed by atoms with Crippen molar-refractivity contribution < 1.29 is 0 Å². The van der Waals surface area contributed by atoms with Crippen LogP contribution in [0.2, 0.25) is 0 Å². The summed E-state index contributed by atoms with van der Waals surface area (Å²) in [5, 5.41) is 1.00. The van der Waals surface area contributed by atoms with Crippen LogP contribution in [0.15, 0.2) is 27.8 Å². The van der Waals surface area contributed by atoms with Crippen molar-refractivity contribution >= 4 is 27.7 Å². The summed E-state index contributed by atoms with van der Waals surface area (Å²) in [7, 11) is 0. The maximum atomic E-state index is 4.20. The van der Waals surface area contributed by atoms with Gasteiger partial charge >= 0.3 is 0 Å². The molecule has 62 valence electrons. The van der Waals surface area contributed by atoms with E-state index < -0.39 is 0 Å². The molecule has 0 saturated heterocycles. The van der Waals surface area contributed by atoms with Crippen LogP contribution in [0.4, 0.5) is 0 Å². The zero-order valence-corrected chi connectivity index (χ0v) is 9.08. The third-order valence-corrected chi connectivity index (χ3v) is 2.97. The molecule has 0 aliphatic heterocycles. The normalized spacial score (nSPS) is 8.83. The van der Waals surface area contributed by atoms with Gasteiger partial charge in [-0.15, -0.1) is 5.92 Å². The molecule has 0 bridgehead atoms. The molecule has 0 aliphatic carbocycles. The van der Waals surface area contributed by atoms with E-state index in [0.29, 0.717) is 0 Å². The second-order valence-electron chi connectivity index (χ2n) is 2.01. The molecule has 0 N–H and O–H groups in total. The summed E-state index contributed by atoms with van der Waals surface area (Å²) in [5.41, 5.74) is 0. The van der Waals surface area contributed by atoms with Crippen molar-refractivity contribution in [2.24, 2.45) is 0 Å². The second-order valence-corrected chi connectivity index (χ2v) is 3.82. The minimum atomic E-state index is 0.798. The Morgan fingerprint density at radius 2 is 2.50 bits per heavy atom. The number of halogens is 1. The maximum absolute atomic E-state index is 4.20.